The number of hydrogen-bond donors (Lipinski definition) is 1. The first-order valence-electron chi connectivity index (χ1n) is 5.59. The highest BCUT2D eigenvalue weighted by molar-refractivity contribution is 5.24. The van der Waals surface area contributed by atoms with E-state index in [4.69, 9.17) is 0 Å². The van der Waals surface area contributed by atoms with Gasteiger partial charge in [-0.25, -0.2) is 4.39 Å². The van der Waals surface area contributed by atoms with Crippen LogP contribution in [0.3, 0.4) is 0 Å². The lowest BCUT2D eigenvalue weighted by Crippen LogP contribution is -2.47. The second kappa shape index (κ2) is 3.93. The summed E-state index contributed by atoms with van der Waals surface area (Å²) in [7, 11) is 0. The molecule has 82 valence electrons. The fourth-order valence-electron chi connectivity index (χ4n) is 2.03. The van der Waals surface area contributed by atoms with Gasteiger partial charge in [0.2, 0.25) is 0 Å². The summed E-state index contributed by atoms with van der Waals surface area (Å²) < 4.78 is 13.4. The summed E-state index contributed by atoms with van der Waals surface area (Å²) in [5.74, 6) is -0.101. The summed E-state index contributed by atoms with van der Waals surface area (Å²) >= 11 is 0. The Hall–Kier alpha value is -0.890. The molecule has 1 N–H and O–H groups in total. The zero-order valence-corrected chi connectivity index (χ0v) is 9.44. The van der Waals surface area contributed by atoms with E-state index in [-0.39, 0.29) is 11.4 Å². The summed E-state index contributed by atoms with van der Waals surface area (Å²) in [5.41, 5.74) is 2.14. The molecule has 0 atom stereocenters. The third-order valence-electron chi connectivity index (χ3n) is 3.36. The average molecular weight is 207 g/mol. The number of hydrogen-bond acceptors (Lipinski definition) is 1. The SMILES string of the molecule is Cc1ccc(F)c(CNC2(C)CCC2)c1. The molecule has 1 aliphatic rings. The van der Waals surface area contributed by atoms with Gasteiger partial charge >= 0.3 is 0 Å². The highest BCUT2D eigenvalue weighted by atomic mass is 19.1. The zero-order chi connectivity index (χ0) is 10.9. The number of aryl methyl sites for hydroxylation is 1. The van der Waals surface area contributed by atoms with Gasteiger partial charge in [0, 0.05) is 17.6 Å². The van der Waals surface area contributed by atoms with Crippen molar-refractivity contribution in [3.63, 3.8) is 0 Å². The van der Waals surface area contributed by atoms with Gasteiger partial charge in [-0.1, -0.05) is 17.7 Å². The number of benzene rings is 1. The molecule has 0 spiro atoms. The molecule has 1 aliphatic carbocycles. The van der Waals surface area contributed by atoms with E-state index in [0.29, 0.717) is 6.54 Å². The quantitative estimate of drug-likeness (QED) is 0.802. The molecule has 0 saturated heterocycles. The Balaban J connectivity index is 2.01. The van der Waals surface area contributed by atoms with E-state index in [9.17, 15) is 4.39 Å². The topological polar surface area (TPSA) is 12.0 Å². The van der Waals surface area contributed by atoms with Gasteiger partial charge in [0.05, 0.1) is 0 Å². The van der Waals surface area contributed by atoms with Gasteiger partial charge in [-0.15, -0.1) is 0 Å². The maximum absolute atomic E-state index is 13.4. The Morgan fingerprint density at radius 3 is 2.73 bits per heavy atom. The maximum atomic E-state index is 13.4. The Labute approximate surface area is 90.7 Å². The number of rotatable bonds is 3. The zero-order valence-electron chi connectivity index (χ0n) is 9.44. The standard InChI is InChI=1S/C13H18FN/c1-10-4-5-12(14)11(8-10)9-15-13(2)6-3-7-13/h4-5,8,15H,3,6-7,9H2,1-2H3. The molecule has 2 heteroatoms. The summed E-state index contributed by atoms with van der Waals surface area (Å²) in [6.07, 6.45) is 3.71. The second-order valence-corrected chi connectivity index (χ2v) is 4.86. The average Bonchev–Trinajstić information content (AvgIpc) is 2.17. The monoisotopic (exact) mass is 207 g/mol. The fourth-order valence-corrected chi connectivity index (χ4v) is 2.03. The first-order valence-corrected chi connectivity index (χ1v) is 5.59. The van der Waals surface area contributed by atoms with E-state index in [1.165, 1.54) is 19.3 Å². The molecule has 0 radical (unpaired) electrons. The second-order valence-electron chi connectivity index (χ2n) is 4.86. The molecule has 0 bridgehead atoms. The van der Waals surface area contributed by atoms with Crippen LogP contribution in [0.5, 0.6) is 0 Å². The van der Waals surface area contributed by atoms with Crippen LogP contribution in [-0.4, -0.2) is 5.54 Å². The smallest absolute Gasteiger partial charge is 0.127 e. The van der Waals surface area contributed by atoms with Crippen molar-refractivity contribution < 1.29 is 4.39 Å². The van der Waals surface area contributed by atoms with Gasteiger partial charge in [0.1, 0.15) is 5.82 Å². The Kier molecular flexibility index (Phi) is 2.79. The summed E-state index contributed by atoms with van der Waals surface area (Å²) in [6, 6.07) is 5.28. The van der Waals surface area contributed by atoms with Gasteiger partial charge < -0.3 is 5.32 Å². The molecular weight excluding hydrogens is 189 g/mol. The molecule has 15 heavy (non-hydrogen) atoms. The Morgan fingerprint density at radius 1 is 1.40 bits per heavy atom. The Morgan fingerprint density at radius 2 is 2.13 bits per heavy atom. The minimum absolute atomic E-state index is 0.101. The molecule has 0 amide bonds. The molecule has 1 saturated carbocycles. The van der Waals surface area contributed by atoms with Crippen molar-refractivity contribution in [1.29, 1.82) is 0 Å². The summed E-state index contributed by atoms with van der Waals surface area (Å²) in [5, 5.41) is 3.44. The molecule has 2 rings (SSSR count). The van der Waals surface area contributed by atoms with Crippen molar-refractivity contribution in [1.82, 2.24) is 5.32 Å². The molecule has 1 aromatic rings. The summed E-state index contributed by atoms with van der Waals surface area (Å²) in [6.45, 7) is 4.85. The molecule has 0 unspecified atom stereocenters. The third-order valence-corrected chi connectivity index (χ3v) is 3.36. The minimum atomic E-state index is -0.101. The van der Waals surface area contributed by atoms with E-state index in [1.54, 1.807) is 6.07 Å². The number of halogens is 1. The van der Waals surface area contributed by atoms with E-state index in [0.717, 1.165) is 11.1 Å². The van der Waals surface area contributed by atoms with Crippen LogP contribution in [0.4, 0.5) is 4.39 Å². The van der Waals surface area contributed by atoms with E-state index in [2.05, 4.69) is 12.2 Å². The van der Waals surface area contributed by atoms with Crippen LogP contribution in [0.2, 0.25) is 0 Å². The molecule has 0 heterocycles. The predicted octanol–water partition coefficient (Wildman–Crippen LogP) is 3.17. The minimum Gasteiger partial charge on any atom is -0.307 e. The van der Waals surface area contributed by atoms with Crippen molar-refractivity contribution in [3.8, 4) is 0 Å². The van der Waals surface area contributed by atoms with Crippen LogP contribution >= 0.6 is 0 Å². The van der Waals surface area contributed by atoms with E-state index < -0.39 is 0 Å². The van der Waals surface area contributed by atoms with Crippen LogP contribution in [0.1, 0.15) is 37.3 Å². The van der Waals surface area contributed by atoms with Crippen LogP contribution in [0.15, 0.2) is 18.2 Å². The van der Waals surface area contributed by atoms with Gasteiger partial charge in [0.25, 0.3) is 0 Å². The van der Waals surface area contributed by atoms with Crippen LogP contribution in [0, 0.1) is 12.7 Å². The predicted molar refractivity (Wildman–Crippen MR) is 60.2 cm³/mol. The molecule has 0 aliphatic heterocycles. The Bertz CT molecular complexity index is 356. The largest absolute Gasteiger partial charge is 0.307 e. The highest BCUT2D eigenvalue weighted by Gasteiger charge is 2.30. The lowest BCUT2D eigenvalue weighted by molar-refractivity contribution is 0.206. The van der Waals surface area contributed by atoms with Gasteiger partial charge in [-0.3, -0.25) is 0 Å². The maximum Gasteiger partial charge on any atom is 0.127 e. The molecule has 1 aromatic carbocycles. The summed E-state index contributed by atoms with van der Waals surface area (Å²) in [4.78, 5) is 0. The van der Waals surface area contributed by atoms with Gasteiger partial charge in [-0.2, -0.15) is 0 Å². The lowest BCUT2D eigenvalue weighted by atomic mass is 9.78. The van der Waals surface area contributed by atoms with Crippen LogP contribution in [-0.2, 0) is 6.54 Å². The lowest BCUT2D eigenvalue weighted by Gasteiger charge is -2.39. The number of nitrogens with one attached hydrogen (secondary N) is 1. The molecule has 1 nitrogen and oxygen atoms in total. The van der Waals surface area contributed by atoms with Crippen LogP contribution < -0.4 is 5.32 Å². The third kappa shape index (κ3) is 2.37. The molecule has 1 fully saturated rings. The van der Waals surface area contributed by atoms with Crippen molar-refractivity contribution in [2.45, 2.75) is 45.2 Å². The van der Waals surface area contributed by atoms with Crippen molar-refractivity contribution in [2.75, 3.05) is 0 Å². The van der Waals surface area contributed by atoms with Gasteiger partial charge in [0.15, 0.2) is 0 Å². The van der Waals surface area contributed by atoms with E-state index in [1.807, 2.05) is 19.1 Å². The first-order chi connectivity index (χ1) is 7.09. The van der Waals surface area contributed by atoms with Crippen molar-refractivity contribution >= 4 is 0 Å². The van der Waals surface area contributed by atoms with Crippen molar-refractivity contribution in [3.05, 3.63) is 35.1 Å². The normalized spacial score (nSPS) is 18.6. The van der Waals surface area contributed by atoms with Crippen molar-refractivity contribution in [2.24, 2.45) is 0 Å². The van der Waals surface area contributed by atoms with Gasteiger partial charge in [-0.05, 0) is 39.2 Å². The first kappa shape index (κ1) is 10.6. The molecule has 0 aromatic heterocycles. The van der Waals surface area contributed by atoms with Crippen LogP contribution in [0.25, 0.3) is 0 Å². The molecular formula is C13H18FN. The highest BCUT2D eigenvalue weighted by Crippen LogP contribution is 2.31. The fraction of sp³-hybridized carbons (Fsp3) is 0.538. The van der Waals surface area contributed by atoms with E-state index >= 15 is 0 Å².